The second-order valence-electron chi connectivity index (χ2n) is 5.23. The van der Waals surface area contributed by atoms with E-state index in [2.05, 4.69) is 5.16 Å². The molecule has 0 saturated heterocycles. The van der Waals surface area contributed by atoms with Crippen LogP contribution in [0, 0.1) is 0 Å². The summed E-state index contributed by atoms with van der Waals surface area (Å²) < 4.78 is 10.1. The van der Waals surface area contributed by atoms with Crippen molar-refractivity contribution >= 4 is 17.3 Å². The first-order valence-corrected chi connectivity index (χ1v) is 6.76. The Hall–Kier alpha value is -2.34. The van der Waals surface area contributed by atoms with Crippen LogP contribution in [0.15, 0.2) is 28.8 Å². The first-order chi connectivity index (χ1) is 10.1. The highest BCUT2D eigenvalue weighted by Gasteiger charge is 2.33. The number of ether oxygens (including phenoxy) is 1. The summed E-state index contributed by atoms with van der Waals surface area (Å²) >= 11 is 0. The summed E-state index contributed by atoms with van der Waals surface area (Å²) in [6, 6.07) is 7.28. The number of carbonyl (C=O) groups excluding carboxylic acids is 1. The molecule has 1 atom stereocenters. The lowest BCUT2D eigenvalue weighted by Gasteiger charge is -2.21. The largest absolute Gasteiger partial charge is 0.399 e. The number of hydrogen-bond acceptors (Lipinski definition) is 5. The minimum Gasteiger partial charge on any atom is -0.399 e. The van der Waals surface area contributed by atoms with E-state index < -0.39 is 0 Å². The molecule has 2 aromatic rings. The summed E-state index contributed by atoms with van der Waals surface area (Å²) in [4.78, 5) is 14.4. The number of aromatic nitrogens is 1. The molecule has 0 fully saturated rings. The zero-order valence-corrected chi connectivity index (χ0v) is 12.0. The lowest BCUT2D eigenvalue weighted by atomic mass is 10.1. The molecule has 6 heteroatoms. The molecule has 0 bridgehead atoms. The highest BCUT2D eigenvalue weighted by atomic mass is 16.5. The van der Waals surface area contributed by atoms with Gasteiger partial charge in [0.2, 0.25) is 0 Å². The lowest BCUT2D eigenvalue weighted by molar-refractivity contribution is 0.0972. The predicted molar refractivity (Wildman–Crippen MR) is 78.0 cm³/mol. The van der Waals surface area contributed by atoms with Crippen molar-refractivity contribution in [2.24, 2.45) is 0 Å². The van der Waals surface area contributed by atoms with Crippen LogP contribution in [-0.2, 0) is 17.8 Å². The van der Waals surface area contributed by atoms with E-state index in [1.807, 2.05) is 19.1 Å². The third-order valence-electron chi connectivity index (χ3n) is 3.60. The third-order valence-corrected chi connectivity index (χ3v) is 3.60. The second-order valence-corrected chi connectivity index (χ2v) is 5.23. The Bertz CT molecular complexity index is 681. The number of nitrogens with two attached hydrogens (primary N) is 1. The molecule has 6 nitrogen and oxygen atoms in total. The van der Waals surface area contributed by atoms with Gasteiger partial charge in [0, 0.05) is 30.6 Å². The fourth-order valence-electron chi connectivity index (χ4n) is 2.71. The average molecular weight is 287 g/mol. The SMILES string of the molecule is COCc1cc(C(=O)N2c3ccc(N)cc3CC2C)no1. The first-order valence-electron chi connectivity index (χ1n) is 6.76. The number of hydrogen-bond donors (Lipinski definition) is 1. The van der Waals surface area contributed by atoms with Gasteiger partial charge in [-0.3, -0.25) is 4.79 Å². The highest BCUT2D eigenvalue weighted by molar-refractivity contribution is 6.06. The third kappa shape index (κ3) is 2.38. The van der Waals surface area contributed by atoms with Crippen molar-refractivity contribution in [2.45, 2.75) is 26.0 Å². The summed E-state index contributed by atoms with van der Waals surface area (Å²) in [5.41, 5.74) is 8.77. The van der Waals surface area contributed by atoms with Crippen molar-refractivity contribution in [2.75, 3.05) is 17.7 Å². The van der Waals surface area contributed by atoms with Gasteiger partial charge in [0.25, 0.3) is 5.91 Å². The standard InChI is InChI=1S/C15H17N3O3/c1-9-5-10-6-11(16)3-4-14(10)18(9)15(19)13-7-12(8-20-2)21-17-13/h3-4,6-7,9H,5,8,16H2,1-2H3. The van der Waals surface area contributed by atoms with Crippen molar-refractivity contribution in [1.29, 1.82) is 0 Å². The first kappa shape index (κ1) is 13.6. The van der Waals surface area contributed by atoms with Gasteiger partial charge in [-0.1, -0.05) is 5.16 Å². The van der Waals surface area contributed by atoms with Gasteiger partial charge in [-0.05, 0) is 37.1 Å². The number of methoxy groups -OCH3 is 1. The monoisotopic (exact) mass is 287 g/mol. The fourth-order valence-corrected chi connectivity index (χ4v) is 2.71. The molecule has 2 heterocycles. The highest BCUT2D eigenvalue weighted by Crippen LogP contribution is 2.34. The molecule has 0 radical (unpaired) electrons. The summed E-state index contributed by atoms with van der Waals surface area (Å²) in [5, 5.41) is 3.83. The van der Waals surface area contributed by atoms with E-state index in [9.17, 15) is 4.79 Å². The molecule has 1 aromatic carbocycles. The Kier molecular flexibility index (Phi) is 3.39. The summed E-state index contributed by atoms with van der Waals surface area (Å²) in [5.74, 6) is 0.363. The van der Waals surface area contributed by atoms with E-state index in [4.69, 9.17) is 15.0 Å². The topological polar surface area (TPSA) is 81.6 Å². The van der Waals surface area contributed by atoms with Gasteiger partial charge in [0.15, 0.2) is 11.5 Å². The molecular weight excluding hydrogens is 270 g/mol. The van der Waals surface area contributed by atoms with Gasteiger partial charge >= 0.3 is 0 Å². The van der Waals surface area contributed by atoms with Crippen LogP contribution in [0.1, 0.15) is 28.7 Å². The maximum Gasteiger partial charge on any atom is 0.280 e. The Labute approximate surface area is 122 Å². The van der Waals surface area contributed by atoms with E-state index >= 15 is 0 Å². The van der Waals surface area contributed by atoms with Crippen LogP contribution in [0.4, 0.5) is 11.4 Å². The number of nitrogens with zero attached hydrogens (tertiary/aromatic N) is 2. The summed E-state index contributed by atoms with van der Waals surface area (Å²) in [6.07, 6.45) is 0.787. The van der Waals surface area contributed by atoms with Crippen LogP contribution >= 0.6 is 0 Å². The van der Waals surface area contributed by atoms with E-state index in [0.29, 0.717) is 23.7 Å². The Morgan fingerprint density at radius 3 is 3.10 bits per heavy atom. The number of rotatable bonds is 3. The number of fused-ring (bicyclic) bond motifs is 1. The fraction of sp³-hybridized carbons (Fsp3) is 0.333. The Morgan fingerprint density at radius 2 is 2.33 bits per heavy atom. The molecule has 1 unspecified atom stereocenters. The molecule has 1 aliphatic rings. The molecule has 2 N–H and O–H groups in total. The van der Waals surface area contributed by atoms with Crippen LogP contribution in [0.3, 0.4) is 0 Å². The van der Waals surface area contributed by atoms with Gasteiger partial charge in [-0.2, -0.15) is 0 Å². The lowest BCUT2D eigenvalue weighted by Crippen LogP contribution is -2.35. The average Bonchev–Trinajstić information content (AvgIpc) is 3.02. The van der Waals surface area contributed by atoms with Gasteiger partial charge in [-0.15, -0.1) is 0 Å². The van der Waals surface area contributed by atoms with E-state index in [0.717, 1.165) is 17.7 Å². The Balaban J connectivity index is 1.91. The van der Waals surface area contributed by atoms with Crippen molar-refractivity contribution in [3.8, 4) is 0 Å². The van der Waals surface area contributed by atoms with E-state index in [1.54, 1.807) is 24.1 Å². The number of carbonyl (C=O) groups is 1. The molecule has 0 aliphatic carbocycles. The molecule has 21 heavy (non-hydrogen) atoms. The van der Waals surface area contributed by atoms with Crippen LogP contribution < -0.4 is 10.6 Å². The van der Waals surface area contributed by atoms with E-state index in [-0.39, 0.29) is 11.9 Å². The zero-order valence-electron chi connectivity index (χ0n) is 12.0. The van der Waals surface area contributed by atoms with Crippen molar-refractivity contribution in [1.82, 2.24) is 5.16 Å². The molecule has 0 saturated carbocycles. The van der Waals surface area contributed by atoms with Crippen LogP contribution in [-0.4, -0.2) is 24.2 Å². The van der Waals surface area contributed by atoms with Crippen molar-refractivity contribution < 1.29 is 14.1 Å². The van der Waals surface area contributed by atoms with Gasteiger partial charge in [-0.25, -0.2) is 0 Å². The second kappa shape index (κ2) is 5.21. The van der Waals surface area contributed by atoms with Crippen LogP contribution in [0.5, 0.6) is 0 Å². The minimum absolute atomic E-state index is 0.0666. The molecule has 3 rings (SSSR count). The van der Waals surface area contributed by atoms with Gasteiger partial charge in [0.1, 0.15) is 6.61 Å². The maximum absolute atomic E-state index is 12.7. The normalized spacial score (nSPS) is 17.0. The maximum atomic E-state index is 12.7. The van der Waals surface area contributed by atoms with Gasteiger partial charge in [0.05, 0.1) is 0 Å². The number of nitrogen functional groups attached to an aromatic ring is 1. The van der Waals surface area contributed by atoms with Crippen molar-refractivity contribution in [3.63, 3.8) is 0 Å². The zero-order chi connectivity index (χ0) is 15.0. The smallest absolute Gasteiger partial charge is 0.280 e. The number of anilines is 2. The van der Waals surface area contributed by atoms with Crippen molar-refractivity contribution in [3.05, 3.63) is 41.3 Å². The number of amides is 1. The number of benzene rings is 1. The quantitative estimate of drug-likeness (QED) is 0.873. The van der Waals surface area contributed by atoms with E-state index in [1.165, 1.54) is 0 Å². The molecule has 1 aliphatic heterocycles. The molecular formula is C15H17N3O3. The van der Waals surface area contributed by atoms with Crippen LogP contribution in [0.25, 0.3) is 0 Å². The molecule has 1 amide bonds. The Morgan fingerprint density at radius 1 is 1.52 bits per heavy atom. The minimum atomic E-state index is -0.169. The molecule has 0 spiro atoms. The summed E-state index contributed by atoms with van der Waals surface area (Å²) in [6.45, 7) is 2.30. The predicted octanol–water partition coefficient (Wildman–Crippen LogP) is 1.99. The van der Waals surface area contributed by atoms with Gasteiger partial charge < -0.3 is 19.9 Å². The summed E-state index contributed by atoms with van der Waals surface area (Å²) in [7, 11) is 1.56. The van der Waals surface area contributed by atoms with Crippen LogP contribution in [0.2, 0.25) is 0 Å². The molecule has 110 valence electrons. The molecule has 1 aromatic heterocycles.